The molecule has 0 saturated carbocycles. The number of ether oxygens (including phenoxy) is 10. The molecular weight excluding hydrogens is 668 g/mol. The Balaban J connectivity index is 2.43. The average molecular weight is 717 g/mol. The van der Waals surface area contributed by atoms with E-state index >= 15 is 0 Å². The molecule has 1 N–H and O–H groups in total. The Hall–Kier alpha value is -3.90. The third-order valence-corrected chi connectivity index (χ3v) is 7.30. The van der Waals surface area contributed by atoms with Crippen molar-refractivity contribution in [2.45, 2.75) is 129 Å². The van der Waals surface area contributed by atoms with Crippen molar-refractivity contribution in [1.82, 2.24) is 0 Å². The second-order valence-electron chi connectivity index (χ2n) is 12.1. The van der Waals surface area contributed by atoms with E-state index in [1.807, 2.05) is 6.08 Å². The normalized spacial score (nSPS) is 29.1. The number of rotatable bonds is 17. The van der Waals surface area contributed by atoms with Gasteiger partial charge in [0.2, 0.25) is 0 Å². The predicted octanol–water partition coefficient (Wildman–Crippen LogP) is 1.35. The fraction of sp³-hybridized carbons (Fsp3) is 0.697. The molecule has 0 bridgehead atoms. The Bertz CT molecular complexity index is 1260. The number of hydrogen-bond donors (Lipinski definition) is 1. The van der Waals surface area contributed by atoms with Gasteiger partial charge in [0.15, 0.2) is 43.1 Å². The molecule has 282 valence electrons. The average Bonchev–Trinajstić information content (AvgIpc) is 3.30. The molecule has 10 atom stereocenters. The van der Waals surface area contributed by atoms with E-state index in [4.69, 9.17) is 47.4 Å². The molecule has 50 heavy (non-hydrogen) atoms. The molecular formula is C33H48O17. The van der Waals surface area contributed by atoms with E-state index in [-0.39, 0.29) is 13.2 Å². The lowest BCUT2D eigenvalue weighted by molar-refractivity contribution is -0.314. The predicted molar refractivity (Wildman–Crippen MR) is 167 cm³/mol. The molecule has 2 aliphatic rings. The maximum absolute atomic E-state index is 12.3. The molecule has 0 aromatic carbocycles. The Labute approximate surface area is 290 Å². The minimum absolute atomic E-state index is 0.0561. The number of carbonyl (C=O) groups is 6. The zero-order valence-corrected chi connectivity index (χ0v) is 29.6. The van der Waals surface area contributed by atoms with E-state index < -0.39 is 103 Å². The first-order valence-corrected chi connectivity index (χ1v) is 15.9. The highest BCUT2D eigenvalue weighted by Crippen LogP contribution is 2.33. The summed E-state index contributed by atoms with van der Waals surface area (Å²) in [5.74, 6) is -4.55. The highest BCUT2D eigenvalue weighted by molar-refractivity contribution is 5.69. The van der Waals surface area contributed by atoms with Crippen molar-refractivity contribution in [3.8, 4) is 0 Å². The maximum atomic E-state index is 12.3. The van der Waals surface area contributed by atoms with Crippen LogP contribution in [0, 0.1) is 0 Å². The van der Waals surface area contributed by atoms with Gasteiger partial charge in [-0.2, -0.15) is 0 Å². The van der Waals surface area contributed by atoms with Crippen LogP contribution in [0.2, 0.25) is 0 Å². The molecule has 17 nitrogen and oxygen atoms in total. The first kappa shape index (κ1) is 42.3. The minimum Gasteiger partial charge on any atom is -0.463 e. The van der Waals surface area contributed by atoms with Gasteiger partial charge in [0, 0.05) is 41.5 Å². The van der Waals surface area contributed by atoms with Gasteiger partial charge in [0.25, 0.3) is 0 Å². The van der Waals surface area contributed by atoms with Crippen LogP contribution in [0.3, 0.4) is 0 Å². The molecule has 0 radical (unpaired) electrons. The number of carbonyl (C=O) groups excluding carboxylic acids is 6. The third kappa shape index (κ3) is 13.8. The van der Waals surface area contributed by atoms with Crippen molar-refractivity contribution in [2.75, 3.05) is 19.8 Å². The fourth-order valence-electron chi connectivity index (χ4n) is 5.11. The molecule has 2 aliphatic heterocycles. The van der Waals surface area contributed by atoms with Gasteiger partial charge in [-0.1, -0.05) is 17.7 Å². The van der Waals surface area contributed by atoms with Crippen LogP contribution in [-0.4, -0.2) is 122 Å². The Morgan fingerprint density at radius 2 is 1.06 bits per heavy atom. The van der Waals surface area contributed by atoms with Crippen LogP contribution in [0.1, 0.15) is 68.2 Å². The van der Waals surface area contributed by atoms with Crippen molar-refractivity contribution in [1.29, 1.82) is 0 Å². The summed E-state index contributed by atoms with van der Waals surface area (Å²) < 4.78 is 56.2. The number of aliphatic hydroxyl groups is 1. The van der Waals surface area contributed by atoms with Crippen molar-refractivity contribution < 1.29 is 81.2 Å². The minimum atomic E-state index is -1.45. The van der Waals surface area contributed by atoms with E-state index in [0.29, 0.717) is 18.4 Å². The largest absolute Gasteiger partial charge is 0.463 e. The Morgan fingerprint density at radius 3 is 1.54 bits per heavy atom. The fourth-order valence-corrected chi connectivity index (χ4v) is 5.11. The molecule has 0 spiro atoms. The van der Waals surface area contributed by atoms with Gasteiger partial charge in [-0.05, 0) is 26.7 Å². The lowest BCUT2D eigenvalue weighted by atomic mass is 9.98. The lowest BCUT2D eigenvalue weighted by Crippen LogP contribution is -2.63. The van der Waals surface area contributed by atoms with Crippen molar-refractivity contribution >= 4 is 35.8 Å². The lowest BCUT2D eigenvalue weighted by Gasteiger charge is -2.44. The van der Waals surface area contributed by atoms with Crippen LogP contribution >= 0.6 is 0 Å². The molecule has 0 amide bonds. The zero-order chi connectivity index (χ0) is 37.8. The van der Waals surface area contributed by atoms with Crippen LogP contribution in [-0.2, 0) is 76.1 Å². The Kier molecular flexibility index (Phi) is 16.5. The van der Waals surface area contributed by atoms with Crippen LogP contribution in [0.25, 0.3) is 0 Å². The van der Waals surface area contributed by atoms with Crippen LogP contribution in [0.4, 0.5) is 0 Å². The first-order chi connectivity index (χ1) is 23.3. The van der Waals surface area contributed by atoms with E-state index in [2.05, 4.69) is 6.58 Å². The Morgan fingerprint density at radius 1 is 0.640 bits per heavy atom. The van der Waals surface area contributed by atoms with Crippen molar-refractivity contribution in [2.24, 2.45) is 0 Å². The highest BCUT2D eigenvalue weighted by atomic mass is 16.8. The highest BCUT2D eigenvalue weighted by Gasteiger charge is 2.54. The molecule has 17 heteroatoms. The zero-order valence-electron chi connectivity index (χ0n) is 29.6. The van der Waals surface area contributed by atoms with Gasteiger partial charge in [0.05, 0.1) is 18.8 Å². The molecule has 2 fully saturated rings. The summed E-state index contributed by atoms with van der Waals surface area (Å²) in [5.41, 5.74) is -0.357. The maximum Gasteiger partial charge on any atom is 0.303 e. The summed E-state index contributed by atoms with van der Waals surface area (Å²) in [7, 11) is 0. The van der Waals surface area contributed by atoms with E-state index in [0.717, 1.165) is 41.5 Å². The van der Waals surface area contributed by atoms with Crippen LogP contribution in [0.5, 0.6) is 0 Å². The molecule has 0 aromatic heterocycles. The summed E-state index contributed by atoms with van der Waals surface area (Å²) in [6.45, 7) is 12.8. The van der Waals surface area contributed by atoms with Gasteiger partial charge in [-0.3, -0.25) is 28.8 Å². The summed E-state index contributed by atoms with van der Waals surface area (Å²) >= 11 is 0. The number of esters is 6. The van der Waals surface area contributed by atoms with Crippen molar-refractivity contribution in [3.05, 3.63) is 24.3 Å². The summed E-state index contributed by atoms with van der Waals surface area (Å²) in [6, 6.07) is 0. The van der Waals surface area contributed by atoms with Gasteiger partial charge in [0.1, 0.15) is 18.8 Å². The third-order valence-electron chi connectivity index (χ3n) is 7.30. The SMILES string of the molecule is C=CC(C)(O)CC/C=C(\C)COC1OC(COC2OC(COC(C)=O)C(OC(C)=O)C2OC(C)=O)C(OC(C)=O)C(OC(C)=O)C1OC(C)=O. The molecule has 0 aromatic rings. The van der Waals surface area contributed by atoms with Gasteiger partial charge in [-0.15, -0.1) is 6.58 Å². The van der Waals surface area contributed by atoms with Gasteiger partial charge < -0.3 is 52.5 Å². The van der Waals surface area contributed by atoms with Crippen LogP contribution in [0.15, 0.2) is 24.3 Å². The topological polar surface area (TPSA) is 215 Å². The number of allylic oxidation sites excluding steroid dienone is 1. The second-order valence-corrected chi connectivity index (χ2v) is 12.1. The molecule has 2 heterocycles. The van der Waals surface area contributed by atoms with Crippen LogP contribution < -0.4 is 0 Å². The number of hydrogen-bond acceptors (Lipinski definition) is 17. The smallest absolute Gasteiger partial charge is 0.303 e. The molecule has 2 rings (SSSR count). The quantitative estimate of drug-likeness (QED) is 0.128. The second kappa shape index (κ2) is 19.5. The summed E-state index contributed by atoms with van der Waals surface area (Å²) in [4.78, 5) is 72.2. The monoisotopic (exact) mass is 716 g/mol. The first-order valence-electron chi connectivity index (χ1n) is 15.9. The van der Waals surface area contributed by atoms with Gasteiger partial charge >= 0.3 is 35.8 Å². The van der Waals surface area contributed by atoms with E-state index in [1.54, 1.807) is 13.8 Å². The standard InChI is InChI=1S/C33H48O17/c1-10-33(9,40)13-11-12-17(2)14-42-32-30(48-23(8)39)28(46-21(6)37)26(44-19(4)35)25(50-32)16-43-31-29(47-22(7)38)27(45-20(5)36)24(49-31)15-41-18(3)34/h10,12,24-32,40H,1,11,13-16H2,2-9H3/b17-12+. The van der Waals surface area contributed by atoms with E-state index in [9.17, 15) is 33.9 Å². The summed E-state index contributed by atoms with van der Waals surface area (Å²) in [6.07, 6.45) is -7.97. The summed E-state index contributed by atoms with van der Waals surface area (Å²) in [5, 5.41) is 10.2. The molecule has 10 unspecified atom stereocenters. The van der Waals surface area contributed by atoms with Gasteiger partial charge in [-0.25, -0.2) is 0 Å². The molecule has 2 saturated heterocycles. The van der Waals surface area contributed by atoms with E-state index in [1.165, 1.54) is 6.08 Å². The molecule has 0 aliphatic carbocycles. The van der Waals surface area contributed by atoms with Crippen molar-refractivity contribution in [3.63, 3.8) is 0 Å².